The van der Waals surface area contributed by atoms with E-state index >= 15 is 0 Å². The van der Waals surface area contributed by atoms with E-state index in [1.165, 1.54) is 18.5 Å². The molecule has 176 valence electrons. The lowest BCUT2D eigenvalue weighted by molar-refractivity contribution is -0.123. The number of rotatable bonds is 7. The fourth-order valence-electron chi connectivity index (χ4n) is 4.38. The Morgan fingerprint density at radius 2 is 1.62 bits per heavy atom. The van der Waals surface area contributed by atoms with Crippen LogP contribution in [0.25, 0.3) is 10.8 Å². The van der Waals surface area contributed by atoms with Crippen LogP contribution in [0, 0.1) is 5.92 Å². The van der Waals surface area contributed by atoms with E-state index in [2.05, 4.69) is 34.6 Å². The van der Waals surface area contributed by atoms with Gasteiger partial charge in [0.2, 0.25) is 0 Å². The highest BCUT2D eigenvalue weighted by Crippen LogP contribution is 2.28. The Morgan fingerprint density at radius 1 is 0.941 bits per heavy atom. The topological polar surface area (TPSA) is 70.7 Å². The van der Waals surface area contributed by atoms with Crippen molar-refractivity contribution in [2.45, 2.75) is 38.6 Å². The van der Waals surface area contributed by atoms with Crippen molar-refractivity contribution >= 4 is 34.0 Å². The highest BCUT2D eigenvalue weighted by Gasteiger charge is 2.24. The van der Waals surface area contributed by atoms with Gasteiger partial charge < -0.3 is 20.3 Å². The van der Waals surface area contributed by atoms with E-state index in [9.17, 15) is 9.59 Å². The molecule has 1 saturated carbocycles. The van der Waals surface area contributed by atoms with Gasteiger partial charge in [0.05, 0.1) is 5.56 Å². The van der Waals surface area contributed by atoms with Crippen LogP contribution in [-0.2, 0) is 4.79 Å². The first-order valence-electron chi connectivity index (χ1n) is 12.2. The molecule has 0 aromatic heterocycles. The van der Waals surface area contributed by atoms with Crippen LogP contribution in [0.2, 0.25) is 0 Å². The van der Waals surface area contributed by atoms with Crippen molar-refractivity contribution in [1.82, 2.24) is 5.32 Å². The second-order valence-corrected chi connectivity index (χ2v) is 9.50. The van der Waals surface area contributed by atoms with E-state index in [0.717, 1.165) is 48.3 Å². The summed E-state index contributed by atoms with van der Waals surface area (Å²) in [7, 11) is 0. The average Bonchev–Trinajstić information content (AvgIpc) is 3.67. The molecule has 0 unspecified atom stereocenters. The standard InChI is InChI=1S/C28H31N3O3/c1-19-12-14-31(15-13-19)24-10-8-23(9-11-24)30-28(33)25-16-20-4-2-3-5-21(20)17-26(25)34-18-27(32)29-22-6-7-22/h2-5,8-11,16-17,19,22H,6-7,12-15,18H2,1H3,(H,29,32)(H,30,33). The van der Waals surface area contributed by atoms with Gasteiger partial charge in [-0.1, -0.05) is 31.2 Å². The van der Waals surface area contributed by atoms with E-state index in [1.54, 1.807) is 0 Å². The quantitative estimate of drug-likeness (QED) is 0.525. The van der Waals surface area contributed by atoms with Gasteiger partial charge in [-0.15, -0.1) is 0 Å². The van der Waals surface area contributed by atoms with Crippen molar-refractivity contribution in [3.8, 4) is 5.75 Å². The van der Waals surface area contributed by atoms with Crippen LogP contribution in [0.3, 0.4) is 0 Å². The number of anilines is 2. The number of carbonyl (C=O) groups excluding carboxylic acids is 2. The molecule has 1 saturated heterocycles. The van der Waals surface area contributed by atoms with Gasteiger partial charge >= 0.3 is 0 Å². The van der Waals surface area contributed by atoms with Gasteiger partial charge in [-0.2, -0.15) is 0 Å². The number of fused-ring (bicyclic) bond motifs is 1. The molecule has 34 heavy (non-hydrogen) atoms. The number of carbonyl (C=O) groups is 2. The fraction of sp³-hybridized carbons (Fsp3) is 0.357. The van der Waals surface area contributed by atoms with E-state index in [-0.39, 0.29) is 24.5 Å². The largest absolute Gasteiger partial charge is 0.483 e. The minimum atomic E-state index is -0.261. The number of amides is 2. The zero-order chi connectivity index (χ0) is 23.5. The third-order valence-electron chi connectivity index (χ3n) is 6.67. The van der Waals surface area contributed by atoms with Crippen molar-refractivity contribution in [2.24, 2.45) is 5.92 Å². The summed E-state index contributed by atoms with van der Waals surface area (Å²) in [6, 6.07) is 19.7. The second-order valence-electron chi connectivity index (χ2n) is 9.50. The Bertz CT molecular complexity index is 1180. The third-order valence-corrected chi connectivity index (χ3v) is 6.67. The van der Waals surface area contributed by atoms with Gasteiger partial charge in [0.1, 0.15) is 5.75 Å². The second kappa shape index (κ2) is 9.75. The fourth-order valence-corrected chi connectivity index (χ4v) is 4.38. The number of hydrogen-bond acceptors (Lipinski definition) is 4. The number of hydrogen-bond donors (Lipinski definition) is 2. The van der Waals surface area contributed by atoms with Gasteiger partial charge in [0, 0.05) is 30.5 Å². The highest BCUT2D eigenvalue weighted by molar-refractivity contribution is 6.08. The van der Waals surface area contributed by atoms with Crippen molar-refractivity contribution in [1.29, 1.82) is 0 Å². The SMILES string of the molecule is CC1CCN(c2ccc(NC(=O)c3cc4ccccc4cc3OCC(=O)NC3CC3)cc2)CC1. The monoisotopic (exact) mass is 457 g/mol. The maximum Gasteiger partial charge on any atom is 0.259 e. The minimum absolute atomic E-state index is 0.113. The lowest BCUT2D eigenvalue weighted by atomic mass is 9.99. The molecule has 0 radical (unpaired) electrons. The van der Waals surface area contributed by atoms with Crippen LogP contribution in [0.15, 0.2) is 60.7 Å². The van der Waals surface area contributed by atoms with Crippen molar-refractivity contribution in [3.05, 3.63) is 66.2 Å². The van der Waals surface area contributed by atoms with E-state index in [4.69, 9.17) is 4.74 Å². The first-order chi connectivity index (χ1) is 16.5. The molecule has 1 heterocycles. The lowest BCUT2D eigenvalue weighted by Crippen LogP contribution is -2.32. The van der Waals surface area contributed by atoms with Gasteiger partial charge in [-0.05, 0) is 78.8 Å². The molecule has 3 aromatic carbocycles. The van der Waals surface area contributed by atoms with Crippen LogP contribution in [0.1, 0.15) is 43.0 Å². The Hall–Kier alpha value is -3.54. The van der Waals surface area contributed by atoms with Crippen LogP contribution in [-0.4, -0.2) is 37.6 Å². The zero-order valence-electron chi connectivity index (χ0n) is 19.5. The first kappa shape index (κ1) is 22.3. The van der Waals surface area contributed by atoms with Crippen LogP contribution in [0.4, 0.5) is 11.4 Å². The molecule has 1 aliphatic heterocycles. The van der Waals surface area contributed by atoms with Crippen molar-refractivity contribution in [3.63, 3.8) is 0 Å². The molecular formula is C28H31N3O3. The summed E-state index contributed by atoms with van der Waals surface area (Å²) in [5.41, 5.74) is 2.32. The Labute approximate surface area is 200 Å². The first-order valence-corrected chi connectivity index (χ1v) is 12.2. The predicted octanol–water partition coefficient (Wildman–Crippen LogP) is 4.99. The number of nitrogens with zero attached hydrogens (tertiary/aromatic N) is 1. The minimum Gasteiger partial charge on any atom is -0.483 e. The summed E-state index contributed by atoms with van der Waals surface area (Å²) in [6.45, 7) is 4.33. The molecule has 2 N–H and O–H groups in total. The third kappa shape index (κ3) is 5.33. The molecule has 0 bridgehead atoms. The maximum atomic E-state index is 13.2. The normalized spacial score (nSPS) is 16.3. The van der Waals surface area contributed by atoms with Gasteiger partial charge in [-0.3, -0.25) is 9.59 Å². The predicted molar refractivity (Wildman–Crippen MR) is 136 cm³/mol. The Balaban J connectivity index is 1.31. The molecule has 2 amide bonds. The Morgan fingerprint density at radius 3 is 2.29 bits per heavy atom. The summed E-state index contributed by atoms with van der Waals surface area (Å²) in [5.74, 6) is 0.766. The Kier molecular flexibility index (Phi) is 6.39. The van der Waals surface area contributed by atoms with Crippen LogP contribution in [0.5, 0.6) is 5.75 Å². The van der Waals surface area contributed by atoms with E-state index < -0.39 is 0 Å². The molecule has 2 fully saturated rings. The number of nitrogens with one attached hydrogen (secondary N) is 2. The van der Waals surface area contributed by atoms with Gasteiger partial charge in [0.25, 0.3) is 11.8 Å². The maximum absolute atomic E-state index is 13.2. The summed E-state index contributed by atoms with van der Waals surface area (Å²) >= 11 is 0. The van der Waals surface area contributed by atoms with Crippen LogP contribution >= 0.6 is 0 Å². The summed E-state index contributed by atoms with van der Waals surface area (Å²) < 4.78 is 5.82. The molecule has 3 aromatic rings. The average molecular weight is 458 g/mol. The number of ether oxygens (including phenoxy) is 1. The molecule has 2 aliphatic rings. The molecule has 1 aliphatic carbocycles. The molecular weight excluding hydrogens is 426 g/mol. The van der Waals surface area contributed by atoms with Crippen LogP contribution < -0.4 is 20.3 Å². The van der Waals surface area contributed by atoms with E-state index in [0.29, 0.717) is 11.3 Å². The molecule has 5 rings (SSSR count). The number of benzene rings is 3. The zero-order valence-corrected chi connectivity index (χ0v) is 19.5. The smallest absolute Gasteiger partial charge is 0.259 e. The highest BCUT2D eigenvalue weighted by atomic mass is 16.5. The summed E-state index contributed by atoms with van der Waals surface area (Å²) in [4.78, 5) is 27.8. The van der Waals surface area contributed by atoms with Gasteiger partial charge in [0.15, 0.2) is 6.61 Å². The summed E-state index contributed by atoms with van der Waals surface area (Å²) in [5, 5.41) is 7.81. The lowest BCUT2D eigenvalue weighted by Gasteiger charge is -2.32. The summed E-state index contributed by atoms with van der Waals surface area (Å²) in [6.07, 6.45) is 4.46. The number of piperidine rings is 1. The van der Waals surface area contributed by atoms with Gasteiger partial charge in [-0.25, -0.2) is 0 Å². The molecule has 6 heteroatoms. The van der Waals surface area contributed by atoms with E-state index in [1.807, 2.05) is 48.5 Å². The molecule has 0 atom stereocenters. The molecule has 0 spiro atoms. The van der Waals surface area contributed by atoms with Crippen molar-refractivity contribution in [2.75, 3.05) is 29.9 Å². The molecule has 6 nitrogen and oxygen atoms in total. The van der Waals surface area contributed by atoms with Crippen molar-refractivity contribution < 1.29 is 14.3 Å².